The van der Waals surface area contributed by atoms with Crippen molar-refractivity contribution in [3.8, 4) is 0 Å². The second-order valence-electron chi connectivity index (χ2n) is 5.03. The van der Waals surface area contributed by atoms with Crippen molar-refractivity contribution in [2.45, 2.75) is 19.5 Å². The minimum Gasteiger partial charge on any atom is -0.459 e. The predicted molar refractivity (Wildman–Crippen MR) is 78.0 cm³/mol. The molecule has 3 heteroatoms. The van der Waals surface area contributed by atoms with E-state index in [9.17, 15) is 0 Å². The zero-order chi connectivity index (χ0) is 13.1. The highest BCUT2D eigenvalue weighted by Crippen LogP contribution is 2.27. The van der Waals surface area contributed by atoms with Crippen LogP contribution in [0.25, 0.3) is 11.0 Å². The van der Waals surface area contributed by atoms with E-state index in [1.165, 1.54) is 10.9 Å². The fourth-order valence-corrected chi connectivity index (χ4v) is 2.68. The first-order chi connectivity index (χ1) is 9.38. The number of rotatable bonds is 4. The Kier molecular flexibility index (Phi) is 3.67. The van der Waals surface area contributed by atoms with Gasteiger partial charge in [-0.05, 0) is 19.5 Å². The largest absolute Gasteiger partial charge is 0.459 e. The van der Waals surface area contributed by atoms with Gasteiger partial charge in [0.2, 0.25) is 0 Å². The lowest BCUT2D eigenvalue weighted by Gasteiger charge is -2.23. The van der Waals surface area contributed by atoms with Crippen LogP contribution in [0.15, 0.2) is 40.8 Å². The molecule has 0 saturated carbocycles. The number of nitrogens with zero attached hydrogens (tertiary/aromatic N) is 1. The van der Waals surface area contributed by atoms with Gasteiger partial charge in [0, 0.05) is 30.6 Å². The van der Waals surface area contributed by atoms with Gasteiger partial charge in [0.25, 0.3) is 0 Å². The van der Waals surface area contributed by atoms with Gasteiger partial charge < -0.3 is 9.73 Å². The van der Waals surface area contributed by atoms with Crippen molar-refractivity contribution in [3.63, 3.8) is 0 Å². The van der Waals surface area contributed by atoms with Gasteiger partial charge in [-0.15, -0.1) is 0 Å². The highest BCUT2D eigenvalue weighted by Gasteiger charge is 2.16. The van der Waals surface area contributed by atoms with E-state index in [1.807, 2.05) is 19.2 Å². The summed E-state index contributed by atoms with van der Waals surface area (Å²) in [5, 5.41) is 4.45. The zero-order valence-corrected chi connectivity index (χ0v) is 11.4. The minimum absolute atomic E-state index is 0.785. The third-order valence-corrected chi connectivity index (χ3v) is 3.64. The molecule has 3 rings (SSSR count). The molecule has 0 unspecified atom stereocenters. The van der Waals surface area contributed by atoms with E-state index in [1.54, 1.807) is 0 Å². The molecule has 0 saturated heterocycles. The normalized spacial score (nSPS) is 16.3. The van der Waals surface area contributed by atoms with Crippen molar-refractivity contribution >= 4 is 11.0 Å². The summed E-state index contributed by atoms with van der Waals surface area (Å²) in [6.45, 7) is 3.93. The third kappa shape index (κ3) is 2.57. The average Bonchev–Trinajstić information content (AvgIpc) is 2.79. The molecule has 19 heavy (non-hydrogen) atoms. The first-order valence-electron chi connectivity index (χ1n) is 6.89. The number of furan rings is 1. The summed E-state index contributed by atoms with van der Waals surface area (Å²) in [6.07, 6.45) is 5.67. The number of para-hydroxylation sites is 1. The van der Waals surface area contributed by atoms with Gasteiger partial charge in [0.05, 0.1) is 6.54 Å². The van der Waals surface area contributed by atoms with Crippen LogP contribution >= 0.6 is 0 Å². The Morgan fingerprint density at radius 2 is 2.16 bits per heavy atom. The summed E-state index contributed by atoms with van der Waals surface area (Å²) in [5.74, 6) is 1.07. The number of fused-ring (bicyclic) bond motifs is 1. The fraction of sp³-hybridized carbons (Fsp3) is 0.375. The van der Waals surface area contributed by atoms with Crippen molar-refractivity contribution < 1.29 is 4.42 Å². The molecule has 0 amide bonds. The Morgan fingerprint density at radius 3 is 2.95 bits per heavy atom. The van der Waals surface area contributed by atoms with Gasteiger partial charge in [0.1, 0.15) is 11.3 Å². The molecule has 1 N–H and O–H groups in total. The second kappa shape index (κ2) is 5.59. The van der Waals surface area contributed by atoms with E-state index in [2.05, 4.69) is 34.5 Å². The minimum atomic E-state index is 0.785. The third-order valence-electron chi connectivity index (χ3n) is 3.64. The molecule has 1 aliphatic rings. The van der Waals surface area contributed by atoms with Crippen molar-refractivity contribution in [2.75, 3.05) is 20.1 Å². The van der Waals surface area contributed by atoms with Crippen molar-refractivity contribution in [2.24, 2.45) is 0 Å². The molecule has 0 fully saturated rings. The van der Waals surface area contributed by atoms with E-state index in [0.717, 1.165) is 43.9 Å². The lowest BCUT2D eigenvalue weighted by molar-refractivity contribution is 0.288. The van der Waals surface area contributed by atoms with Crippen LogP contribution in [-0.2, 0) is 13.1 Å². The molecule has 0 bridgehead atoms. The summed E-state index contributed by atoms with van der Waals surface area (Å²) < 4.78 is 5.97. The maximum atomic E-state index is 5.97. The Balaban J connectivity index is 1.94. The van der Waals surface area contributed by atoms with Gasteiger partial charge in [-0.25, -0.2) is 0 Å². The Hall–Kier alpha value is -1.58. The first-order valence-corrected chi connectivity index (χ1v) is 6.89. The van der Waals surface area contributed by atoms with Crippen molar-refractivity contribution in [1.29, 1.82) is 0 Å². The summed E-state index contributed by atoms with van der Waals surface area (Å²) >= 11 is 0. The second-order valence-corrected chi connectivity index (χ2v) is 5.03. The topological polar surface area (TPSA) is 28.4 Å². The van der Waals surface area contributed by atoms with Crippen molar-refractivity contribution in [1.82, 2.24) is 10.2 Å². The molecule has 100 valence electrons. The summed E-state index contributed by atoms with van der Waals surface area (Å²) in [5.41, 5.74) is 2.33. The van der Waals surface area contributed by atoms with E-state index < -0.39 is 0 Å². The molecule has 0 atom stereocenters. The number of nitrogens with one attached hydrogen (secondary N) is 1. The van der Waals surface area contributed by atoms with Gasteiger partial charge in [-0.3, -0.25) is 4.90 Å². The van der Waals surface area contributed by atoms with Crippen LogP contribution in [0.1, 0.15) is 17.7 Å². The van der Waals surface area contributed by atoms with Gasteiger partial charge in [-0.1, -0.05) is 30.4 Å². The highest BCUT2D eigenvalue weighted by molar-refractivity contribution is 5.82. The molecule has 0 radical (unpaired) electrons. The zero-order valence-electron chi connectivity index (χ0n) is 11.4. The monoisotopic (exact) mass is 256 g/mol. The van der Waals surface area contributed by atoms with Crippen LogP contribution in [0.3, 0.4) is 0 Å². The summed E-state index contributed by atoms with van der Waals surface area (Å²) in [7, 11) is 1.96. The maximum Gasteiger partial charge on any atom is 0.134 e. The highest BCUT2D eigenvalue weighted by atomic mass is 16.3. The molecule has 3 nitrogen and oxygen atoms in total. The molecule has 2 heterocycles. The number of hydrogen-bond donors (Lipinski definition) is 1. The summed E-state index contributed by atoms with van der Waals surface area (Å²) in [4.78, 5) is 2.47. The van der Waals surface area contributed by atoms with Gasteiger partial charge in [-0.2, -0.15) is 0 Å². The lowest BCUT2D eigenvalue weighted by Crippen LogP contribution is -2.27. The van der Waals surface area contributed by atoms with Crippen LogP contribution in [0.4, 0.5) is 0 Å². The molecule has 1 aromatic carbocycles. The van der Waals surface area contributed by atoms with E-state index >= 15 is 0 Å². The average molecular weight is 256 g/mol. The quantitative estimate of drug-likeness (QED) is 0.853. The van der Waals surface area contributed by atoms with Crippen LogP contribution < -0.4 is 5.32 Å². The smallest absolute Gasteiger partial charge is 0.134 e. The van der Waals surface area contributed by atoms with Crippen molar-refractivity contribution in [3.05, 3.63) is 47.7 Å². The first kappa shape index (κ1) is 12.5. The lowest BCUT2D eigenvalue weighted by atomic mass is 10.1. The molecular formula is C16H20N2O. The maximum absolute atomic E-state index is 5.97. The Labute approximate surface area is 113 Å². The van der Waals surface area contributed by atoms with Gasteiger partial charge in [0.15, 0.2) is 0 Å². The number of hydrogen-bond acceptors (Lipinski definition) is 3. The van der Waals surface area contributed by atoms with Gasteiger partial charge >= 0.3 is 0 Å². The summed E-state index contributed by atoms with van der Waals surface area (Å²) in [6, 6.07) is 8.32. The Bertz CT molecular complexity index is 585. The Morgan fingerprint density at radius 1 is 1.26 bits per heavy atom. The van der Waals surface area contributed by atoms with E-state index in [0.29, 0.717) is 0 Å². The van der Waals surface area contributed by atoms with Crippen LogP contribution in [0, 0.1) is 0 Å². The molecule has 0 aliphatic carbocycles. The van der Waals surface area contributed by atoms with E-state index in [4.69, 9.17) is 4.42 Å². The van der Waals surface area contributed by atoms with Crippen LogP contribution in [0.5, 0.6) is 0 Å². The molecule has 1 aliphatic heterocycles. The van der Waals surface area contributed by atoms with Crippen LogP contribution in [0.2, 0.25) is 0 Å². The van der Waals surface area contributed by atoms with Crippen LogP contribution in [-0.4, -0.2) is 25.0 Å². The molecule has 0 spiro atoms. The van der Waals surface area contributed by atoms with E-state index in [-0.39, 0.29) is 0 Å². The SMILES string of the molecule is CNCc1oc2ccccc2c1CN1CC=CCC1. The molecule has 1 aromatic heterocycles. The fourth-order valence-electron chi connectivity index (χ4n) is 2.68. The number of benzene rings is 1. The predicted octanol–water partition coefficient (Wildman–Crippen LogP) is 2.91. The molecular weight excluding hydrogens is 236 g/mol. The molecule has 2 aromatic rings. The standard InChI is InChI=1S/C16H20N2O/c1-17-11-16-14(12-18-9-5-2-6-10-18)13-7-3-4-8-15(13)19-16/h2-5,7-8,17H,6,9-12H2,1H3.